The molecule has 3 nitrogen and oxygen atoms in total. The number of benzene rings is 1. The van der Waals surface area contributed by atoms with E-state index in [0.29, 0.717) is 0 Å². The van der Waals surface area contributed by atoms with Crippen LogP contribution in [0, 0.1) is 3.57 Å². The predicted octanol–water partition coefficient (Wildman–Crippen LogP) is 3.48. The number of nitrogens with zero attached hydrogens (tertiary/aromatic N) is 2. The average Bonchev–Trinajstić information content (AvgIpc) is 2.78. The molecule has 0 saturated heterocycles. The minimum absolute atomic E-state index is 0.272. The van der Waals surface area contributed by atoms with E-state index < -0.39 is 0 Å². The molecular weight excluding hydrogens is 345 g/mol. The van der Waals surface area contributed by atoms with Crippen molar-refractivity contribution in [2.24, 2.45) is 0 Å². The SMILES string of the molecule is CCNC(C)c1nnc(-c2cccc(I)c2)s1. The summed E-state index contributed by atoms with van der Waals surface area (Å²) in [5.74, 6) is 0. The minimum Gasteiger partial charge on any atom is -0.308 e. The van der Waals surface area contributed by atoms with Crippen LogP contribution < -0.4 is 5.32 Å². The zero-order valence-corrected chi connectivity index (χ0v) is 12.7. The van der Waals surface area contributed by atoms with Gasteiger partial charge in [-0.05, 0) is 48.2 Å². The molecular formula is C12H14IN3S. The second kappa shape index (κ2) is 5.88. The van der Waals surface area contributed by atoms with E-state index in [9.17, 15) is 0 Å². The summed E-state index contributed by atoms with van der Waals surface area (Å²) in [4.78, 5) is 0. The van der Waals surface area contributed by atoms with Gasteiger partial charge < -0.3 is 5.32 Å². The lowest BCUT2D eigenvalue weighted by Crippen LogP contribution is -2.17. The summed E-state index contributed by atoms with van der Waals surface area (Å²) in [6.45, 7) is 5.15. The molecule has 1 aromatic carbocycles. The minimum atomic E-state index is 0.272. The zero-order chi connectivity index (χ0) is 12.3. The van der Waals surface area contributed by atoms with E-state index in [2.05, 4.69) is 70.2 Å². The third kappa shape index (κ3) is 3.23. The second-order valence-corrected chi connectivity index (χ2v) is 5.99. The van der Waals surface area contributed by atoms with Crippen molar-refractivity contribution in [1.82, 2.24) is 15.5 Å². The quantitative estimate of drug-likeness (QED) is 0.850. The van der Waals surface area contributed by atoms with Gasteiger partial charge in [-0.1, -0.05) is 30.4 Å². The molecule has 0 spiro atoms. The molecule has 1 aromatic heterocycles. The maximum absolute atomic E-state index is 4.26. The van der Waals surface area contributed by atoms with Crippen LogP contribution in [0.25, 0.3) is 10.6 Å². The first-order valence-electron chi connectivity index (χ1n) is 5.53. The van der Waals surface area contributed by atoms with E-state index >= 15 is 0 Å². The monoisotopic (exact) mass is 359 g/mol. The average molecular weight is 359 g/mol. The first kappa shape index (κ1) is 12.9. The van der Waals surface area contributed by atoms with Crippen molar-refractivity contribution in [3.05, 3.63) is 32.8 Å². The molecule has 1 heterocycles. The Morgan fingerprint density at radius 3 is 2.94 bits per heavy atom. The first-order chi connectivity index (χ1) is 8.20. The van der Waals surface area contributed by atoms with Crippen LogP contribution in [0.5, 0.6) is 0 Å². The molecule has 2 rings (SSSR count). The largest absolute Gasteiger partial charge is 0.308 e. The Morgan fingerprint density at radius 1 is 1.41 bits per heavy atom. The van der Waals surface area contributed by atoms with Gasteiger partial charge in [0.05, 0.1) is 6.04 Å². The van der Waals surface area contributed by atoms with Crippen molar-refractivity contribution < 1.29 is 0 Å². The van der Waals surface area contributed by atoms with Crippen LogP contribution in [-0.2, 0) is 0 Å². The fourth-order valence-electron chi connectivity index (χ4n) is 1.54. The molecule has 17 heavy (non-hydrogen) atoms. The first-order valence-corrected chi connectivity index (χ1v) is 7.43. The van der Waals surface area contributed by atoms with Crippen molar-refractivity contribution in [3.8, 4) is 10.6 Å². The van der Waals surface area contributed by atoms with E-state index in [1.807, 2.05) is 6.07 Å². The number of hydrogen-bond donors (Lipinski definition) is 1. The Labute approximate surface area is 119 Å². The molecule has 1 atom stereocenters. The number of rotatable bonds is 4. The smallest absolute Gasteiger partial charge is 0.147 e. The highest BCUT2D eigenvalue weighted by molar-refractivity contribution is 14.1. The molecule has 0 fully saturated rings. The molecule has 90 valence electrons. The number of nitrogens with one attached hydrogen (secondary N) is 1. The lowest BCUT2D eigenvalue weighted by Gasteiger charge is -2.06. The van der Waals surface area contributed by atoms with E-state index in [4.69, 9.17) is 0 Å². The fraction of sp³-hybridized carbons (Fsp3) is 0.333. The Morgan fingerprint density at radius 2 is 2.24 bits per heavy atom. The second-order valence-electron chi connectivity index (χ2n) is 3.74. The van der Waals surface area contributed by atoms with Gasteiger partial charge in [-0.2, -0.15) is 0 Å². The molecule has 0 saturated carbocycles. The molecule has 2 aromatic rings. The van der Waals surface area contributed by atoms with E-state index in [-0.39, 0.29) is 6.04 Å². The predicted molar refractivity (Wildman–Crippen MR) is 80.2 cm³/mol. The highest BCUT2D eigenvalue weighted by Gasteiger charge is 2.11. The highest BCUT2D eigenvalue weighted by atomic mass is 127. The summed E-state index contributed by atoms with van der Waals surface area (Å²) in [5, 5.41) is 13.9. The van der Waals surface area contributed by atoms with Crippen LogP contribution in [0.4, 0.5) is 0 Å². The van der Waals surface area contributed by atoms with E-state index in [1.54, 1.807) is 11.3 Å². The Bertz CT molecular complexity index is 498. The standard InChI is InChI=1S/C12H14IN3S/c1-3-14-8(2)11-15-16-12(17-11)9-5-4-6-10(13)7-9/h4-8,14H,3H2,1-2H3. The van der Waals surface area contributed by atoms with Crippen LogP contribution in [0.2, 0.25) is 0 Å². The van der Waals surface area contributed by atoms with Gasteiger partial charge in [0.25, 0.3) is 0 Å². The molecule has 1 N–H and O–H groups in total. The van der Waals surface area contributed by atoms with Crippen molar-refractivity contribution in [1.29, 1.82) is 0 Å². The summed E-state index contributed by atoms with van der Waals surface area (Å²) in [6, 6.07) is 8.60. The molecule has 0 radical (unpaired) electrons. The summed E-state index contributed by atoms with van der Waals surface area (Å²) < 4.78 is 1.22. The maximum Gasteiger partial charge on any atom is 0.147 e. The summed E-state index contributed by atoms with van der Waals surface area (Å²) >= 11 is 3.96. The van der Waals surface area contributed by atoms with Crippen LogP contribution in [0.15, 0.2) is 24.3 Å². The molecule has 0 aliphatic carbocycles. The van der Waals surface area contributed by atoms with Crippen molar-refractivity contribution in [2.45, 2.75) is 19.9 Å². The fourth-order valence-corrected chi connectivity index (χ4v) is 2.95. The summed E-state index contributed by atoms with van der Waals surface area (Å²) in [5.41, 5.74) is 1.14. The van der Waals surface area contributed by atoms with Gasteiger partial charge in [0.1, 0.15) is 10.0 Å². The highest BCUT2D eigenvalue weighted by Crippen LogP contribution is 2.27. The molecule has 0 aliphatic rings. The van der Waals surface area contributed by atoms with Gasteiger partial charge in [0, 0.05) is 9.13 Å². The zero-order valence-electron chi connectivity index (χ0n) is 9.77. The molecule has 0 amide bonds. The Balaban J connectivity index is 2.23. The Kier molecular flexibility index (Phi) is 4.47. The summed E-state index contributed by atoms with van der Waals surface area (Å²) in [7, 11) is 0. The number of aromatic nitrogens is 2. The maximum atomic E-state index is 4.26. The topological polar surface area (TPSA) is 37.8 Å². The summed E-state index contributed by atoms with van der Waals surface area (Å²) in [6.07, 6.45) is 0. The third-order valence-electron chi connectivity index (χ3n) is 2.39. The van der Waals surface area contributed by atoms with Crippen LogP contribution in [0.1, 0.15) is 24.9 Å². The lowest BCUT2D eigenvalue weighted by molar-refractivity contribution is 0.590. The van der Waals surface area contributed by atoms with Gasteiger partial charge in [0.2, 0.25) is 0 Å². The van der Waals surface area contributed by atoms with Crippen molar-refractivity contribution in [2.75, 3.05) is 6.54 Å². The van der Waals surface area contributed by atoms with Crippen molar-refractivity contribution >= 4 is 33.9 Å². The van der Waals surface area contributed by atoms with Gasteiger partial charge in [0.15, 0.2) is 0 Å². The molecule has 5 heteroatoms. The van der Waals surface area contributed by atoms with Gasteiger partial charge in [-0.25, -0.2) is 0 Å². The number of hydrogen-bond acceptors (Lipinski definition) is 4. The Hall–Kier alpha value is -0.530. The lowest BCUT2D eigenvalue weighted by atomic mass is 10.2. The van der Waals surface area contributed by atoms with Gasteiger partial charge in [-0.3, -0.25) is 0 Å². The third-order valence-corrected chi connectivity index (χ3v) is 4.22. The molecule has 0 aliphatic heterocycles. The number of halogens is 1. The van der Waals surface area contributed by atoms with Crippen LogP contribution in [0.3, 0.4) is 0 Å². The van der Waals surface area contributed by atoms with E-state index in [0.717, 1.165) is 22.1 Å². The van der Waals surface area contributed by atoms with Crippen LogP contribution in [-0.4, -0.2) is 16.7 Å². The van der Waals surface area contributed by atoms with E-state index in [1.165, 1.54) is 3.57 Å². The molecule has 1 unspecified atom stereocenters. The van der Waals surface area contributed by atoms with Gasteiger partial charge in [-0.15, -0.1) is 10.2 Å². The van der Waals surface area contributed by atoms with Gasteiger partial charge >= 0.3 is 0 Å². The van der Waals surface area contributed by atoms with Crippen molar-refractivity contribution in [3.63, 3.8) is 0 Å². The van der Waals surface area contributed by atoms with Crippen LogP contribution >= 0.6 is 33.9 Å². The molecule has 0 bridgehead atoms. The normalized spacial score (nSPS) is 12.6.